The number of aryl methyl sites for hydroxylation is 1. The number of benzene rings is 1. The monoisotopic (exact) mass is 307 g/mol. The molecule has 8 heteroatoms. The van der Waals surface area contributed by atoms with Gasteiger partial charge in [0.1, 0.15) is 5.01 Å². The fourth-order valence-corrected chi connectivity index (χ4v) is 2.62. The summed E-state index contributed by atoms with van der Waals surface area (Å²) in [5.41, 5.74) is 0.833. The van der Waals surface area contributed by atoms with Crippen LogP contribution in [-0.2, 0) is 0 Å². The number of rotatable bonds is 5. The molecule has 0 aliphatic rings. The highest BCUT2D eigenvalue weighted by Crippen LogP contribution is 2.27. The Morgan fingerprint density at radius 3 is 2.76 bits per heavy atom. The van der Waals surface area contributed by atoms with Crippen LogP contribution in [0.15, 0.2) is 23.6 Å². The molecule has 0 fully saturated rings. The maximum absolute atomic E-state index is 11.2. The fourth-order valence-electron chi connectivity index (χ4n) is 1.81. The molecule has 21 heavy (non-hydrogen) atoms. The third kappa shape index (κ3) is 3.34. The van der Waals surface area contributed by atoms with Crippen molar-refractivity contribution in [3.05, 3.63) is 50.0 Å². The highest BCUT2D eigenvalue weighted by molar-refractivity contribution is 7.09. The molecule has 0 saturated carbocycles. The molecular formula is C13H13N3O4S. The number of carboxylic acids is 1. The van der Waals surface area contributed by atoms with Crippen LogP contribution >= 0.6 is 11.3 Å². The predicted octanol–water partition coefficient (Wildman–Crippen LogP) is 3.23. The van der Waals surface area contributed by atoms with Crippen LogP contribution in [0, 0.1) is 17.0 Å². The van der Waals surface area contributed by atoms with Gasteiger partial charge in [-0.15, -0.1) is 11.3 Å². The Morgan fingerprint density at radius 1 is 1.52 bits per heavy atom. The Balaban J connectivity index is 2.31. The molecule has 0 radical (unpaired) electrons. The van der Waals surface area contributed by atoms with E-state index in [0.29, 0.717) is 5.69 Å². The summed E-state index contributed by atoms with van der Waals surface area (Å²) in [6.07, 6.45) is 0. The summed E-state index contributed by atoms with van der Waals surface area (Å²) in [7, 11) is 0. The van der Waals surface area contributed by atoms with E-state index in [1.807, 2.05) is 19.2 Å². The first kappa shape index (κ1) is 14.9. The summed E-state index contributed by atoms with van der Waals surface area (Å²) < 4.78 is 0. The minimum Gasteiger partial charge on any atom is -0.478 e. The standard InChI is InChI=1S/C13H13N3O4S/c1-7-6-21-12(14-7)8(2)15-11-4-3-9(16(19)20)5-10(11)13(17)18/h3-6,8,15H,1-2H3,(H,17,18). The van der Waals surface area contributed by atoms with Crippen molar-refractivity contribution in [3.8, 4) is 0 Å². The second-order valence-corrected chi connectivity index (χ2v) is 5.37. The largest absolute Gasteiger partial charge is 0.478 e. The van der Waals surface area contributed by atoms with Crippen molar-refractivity contribution in [2.24, 2.45) is 0 Å². The normalized spacial score (nSPS) is 11.9. The first-order valence-electron chi connectivity index (χ1n) is 6.08. The van der Waals surface area contributed by atoms with Gasteiger partial charge in [-0.1, -0.05) is 0 Å². The van der Waals surface area contributed by atoms with E-state index in [1.165, 1.54) is 23.5 Å². The third-order valence-electron chi connectivity index (χ3n) is 2.82. The van der Waals surface area contributed by atoms with Crippen LogP contribution in [0.3, 0.4) is 0 Å². The van der Waals surface area contributed by atoms with Gasteiger partial charge >= 0.3 is 5.97 Å². The number of carbonyl (C=O) groups is 1. The highest BCUT2D eigenvalue weighted by atomic mass is 32.1. The summed E-state index contributed by atoms with van der Waals surface area (Å²) in [6.45, 7) is 3.73. The summed E-state index contributed by atoms with van der Waals surface area (Å²) >= 11 is 1.47. The molecule has 1 aromatic heterocycles. The Bertz CT molecular complexity index is 698. The van der Waals surface area contributed by atoms with Gasteiger partial charge in [-0.25, -0.2) is 9.78 Å². The van der Waals surface area contributed by atoms with Gasteiger partial charge in [0.05, 0.1) is 16.5 Å². The molecule has 1 atom stereocenters. The zero-order valence-corrected chi connectivity index (χ0v) is 12.2. The maximum Gasteiger partial charge on any atom is 0.338 e. The number of aromatic carboxylic acids is 1. The summed E-state index contributed by atoms with van der Waals surface area (Å²) in [5.74, 6) is -1.22. The van der Waals surface area contributed by atoms with Crippen molar-refractivity contribution < 1.29 is 14.8 Å². The molecule has 1 aromatic carbocycles. The van der Waals surface area contributed by atoms with Gasteiger partial charge in [-0.2, -0.15) is 0 Å². The number of anilines is 1. The number of nitro groups is 1. The molecule has 1 unspecified atom stereocenters. The Kier molecular flexibility index (Phi) is 4.18. The number of carboxylic acid groups (broad SMARTS) is 1. The average Bonchev–Trinajstić information content (AvgIpc) is 2.85. The van der Waals surface area contributed by atoms with Crippen LogP contribution < -0.4 is 5.32 Å². The first-order chi connectivity index (χ1) is 9.88. The van der Waals surface area contributed by atoms with Crippen LogP contribution in [-0.4, -0.2) is 21.0 Å². The van der Waals surface area contributed by atoms with E-state index in [0.717, 1.165) is 16.8 Å². The average molecular weight is 307 g/mol. The Morgan fingerprint density at radius 2 is 2.24 bits per heavy atom. The van der Waals surface area contributed by atoms with E-state index in [4.69, 9.17) is 0 Å². The quantitative estimate of drug-likeness (QED) is 0.649. The molecule has 2 N–H and O–H groups in total. The van der Waals surface area contributed by atoms with Crippen molar-refractivity contribution in [2.75, 3.05) is 5.32 Å². The van der Waals surface area contributed by atoms with E-state index >= 15 is 0 Å². The zero-order chi connectivity index (χ0) is 15.6. The van der Waals surface area contributed by atoms with Crippen LogP contribution in [0.4, 0.5) is 11.4 Å². The molecule has 0 bridgehead atoms. The molecule has 0 aliphatic heterocycles. The molecular weight excluding hydrogens is 294 g/mol. The van der Waals surface area contributed by atoms with Gasteiger partial charge in [-0.3, -0.25) is 10.1 Å². The van der Waals surface area contributed by atoms with Crippen molar-refractivity contribution in [2.45, 2.75) is 19.9 Å². The number of nitrogens with one attached hydrogen (secondary N) is 1. The minimum atomic E-state index is -1.22. The fraction of sp³-hybridized carbons (Fsp3) is 0.231. The molecule has 0 aliphatic carbocycles. The number of nitrogens with zero attached hydrogens (tertiary/aromatic N) is 2. The van der Waals surface area contributed by atoms with Gasteiger partial charge in [0.25, 0.3) is 5.69 Å². The van der Waals surface area contributed by atoms with Crippen LogP contribution in [0.2, 0.25) is 0 Å². The lowest BCUT2D eigenvalue weighted by atomic mass is 10.1. The Labute approximate surface area is 124 Å². The number of aromatic nitrogens is 1. The molecule has 0 spiro atoms. The van der Waals surface area contributed by atoms with E-state index < -0.39 is 10.9 Å². The van der Waals surface area contributed by atoms with Crippen LogP contribution in [0.1, 0.15) is 34.0 Å². The number of thiazole rings is 1. The van der Waals surface area contributed by atoms with Gasteiger partial charge in [0.2, 0.25) is 0 Å². The molecule has 2 rings (SSSR count). The summed E-state index contributed by atoms with van der Waals surface area (Å²) in [6, 6.07) is 3.53. The maximum atomic E-state index is 11.2. The van der Waals surface area contributed by atoms with E-state index in [9.17, 15) is 20.0 Å². The number of nitro benzene ring substituents is 1. The summed E-state index contributed by atoms with van der Waals surface area (Å²) in [5, 5.41) is 25.7. The number of hydrogen-bond acceptors (Lipinski definition) is 6. The first-order valence-corrected chi connectivity index (χ1v) is 6.96. The van der Waals surface area contributed by atoms with Crippen LogP contribution in [0.25, 0.3) is 0 Å². The van der Waals surface area contributed by atoms with Crippen molar-refractivity contribution >= 4 is 28.7 Å². The second-order valence-electron chi connectivity index (χ2n) is 4.49. The van der Waals surface area contributed by atoms with Gasteiger partial charge < -0.3 is 10.4 Å². The number of hydrogen-bond donors (Lipinski definition) is 2. The molecule has 7 nitrogen and oxygen atoms in total. The Hall–Kier alpha value is -2.48. The molecule has 110 valence electrons. The topological polar surface area (TPSA) is 105 Å². The molecule has 2 aromatic rings. The molecule has 0 amide bonds. The van der Waals surface area contributed by atoms with Gasteiger partial charge in [-0.05, 0) is 19.9 Å². The zero-order valence-electron chi connectivity index (χ0n) is 11.4. The highest BCUT2D eigenvalue weighted by Gasteiger charge is 2.18. The van der Waals surface area contributed by atoms with Crippen molar-refractivity contribution in [1.82, 2.24) is 4.98 Å². The van der Waals surface area contributed by atoms with Gasteiger partial charge in [0, 0.05) is 28.9 Å². The van der Waals surface area contributed by atoms with Crippen LogP contribution in [0.5, 0.6) is 0 Å². The van der Waals surface area contributed by atoms with Crippen molar-refractivity contribution in [3.63, 3.8) is 0 Å². The minimum absolute atomic E-state index is 0.135. The lowest BCUT2D eigenvalue weighted by Crippen LogP contribution is -2.11. The second kappa shape index (κ2) is 5.88. The lowest BCUT2D eigenvalue weighted by molar-refractivity contribution is -0.384. The van der Waals surface area contributed by atoms with E-state index in [-0.39, 0.29) is 17.3 Å². The third-order valence-corrected chi connectivity index (χ3v) is 3.97. The SMILES string of the molecule is Cc1csc(C(C)Nc2ccc([N+](=O)[O-])cc2C(=O)O)n1. The van der Waals surface area contributed by atoms with E-state index in [1.54, 1.807) is 0 Å². The molecule has 0 saturated heterocycles. The molecule has 1 heterocycles. The lowest BCUT2D eigenvalue weighted by Gasteiger charge is -2.14. The number of non-ortho nitro benzene ring substituents is 1. The van der Waals surface area contributed by atoms with E-state index in [2.05, 4.69) is 10.3 Å². The van der Waals surface area contributed by atoms with Gasteiger partial charge in [0.15, 0.2) is 0 Å². The summed E-state index contributed by atoms with van der Waals surface area (Å²) in [4.78, 5) is 25.7. The smallest absolute Gasteiger partial charge is 0.338 e. The van der Waals surface area contributed by atoms with Crippen molar-refractivity contribution in [1.29, 1.82) is 0 Å². The predicted molar refractivity (Wildman–Crippen MR) is 78.9 cm³/mol.